The van der Waals surface area contributed by atoms with Gasteiger partial charge in [0, 0.05) is 0 Å². The van der Waals surface area contributed by atoms with E-state index in [4.69, 9.17) is 4.42 Å². The Labute approximate surface area is 76.1 Å². The summed E-state index contributed by atoms with van der Waals surface area (Å²) in [6.07, 6.45) is 0.506. The summed E-state index contributed by atoms with van der Waals surface area (Å²) in [6.45, 7) is 2.13. The van der Waals surface area contributed by atoms with E-state index >= 15 is 0 Å². The van der Waals surface area contributed by atoms with E-state index in [0.717, 1.165) is 0 Å². The van der Waals surface area contributed by atoms with Gasteiger partial charge < -0.3 is 10.2 Å². The number of hydrogen-bond donors (Lipinski definition) is 1. The Kier molecular flexibility index (Phi) is 2.99. The minimum absolute atomic E-state index is 0.0288. The normalized spacial score (nSPS) is 11.8. The predicted octanol–water partition coefficient (Wildman–Crippen LogP) is -1.35. The van der Waals surface area contributed by atoms with Crippen molar-refractivity contribution >= 4 is 9.84 Å². The van der Waals surface area contributed by atoms with Crippen LogP contribution in [0.5, 0.6) is 0 Å². The lowest BCUT2D eigenvalue weighted by atomic mass is 10.4. The monoisotopic (exact) mass is 206 g/mol. The SMILES string of the molecule is CCS(=O)(=O)c1nnc(CC[NH3+])o1. The molecule has 0 aromatic carbocycles. The molecular weight excluding hydrogens is 194 g/mol. The lowest BCUT2D eigenvalue weighted by Gasteiger charge is -1.90. The van der Waals surface area contributed by atoms with Crippen LogP contribution in [0.4, 0.5) is 0 Å². The third kappa shape index (κ3) is 2.25. The lowest BCUT2D eigenvalue weighted by molar-refractivity contribution is -0.367. The Hall–Kier alpha value is -0.950. The van der Waals surface area contributed by atoms with Crippen LogP contribution < -0.4 is 5.73 Å². The Morgan fingerprint density at radius 2 is 2.15 bits per heavy atom. The molecule has 0 aliphatic heterocycles. The molecule has 0 bridgehead atoms. The zero-order valence-electron chi connectivity index (χ0n) is 7.36. The van der Waals surface area contributed by atoms with Gasteiger partial charge in [-0.2, -0.15) is 0 Å². The first-order valence-electron chi connectivity index (χ1n) is 3.94. The molecule has 0 spiro atoms. The number of aromatic nitrogens is 2. The fourth-order valence-corrected chi connectivity index (χ4v) is 1.37. The van der Waals surface area contributed by atoms with Crippen molar-refractivity contribution in [2.45, 2.75) is 18.6 Å². The minimum Gasteiger partial charge on any atom is -0.412 e. The molecule has 0 fully saturated rings. The number of rotatable bonds is 4. The summed E-state index contributed by atoms with van der Waals surface area (Å²) >= 11 is 0. The van der Waals surface area contributed by atoms with E-state index in [9.17, 15) is 8.42 Å². The molecule has 1 rings (SSSR count). The van der Waals surface area contributed by atoms with Gasteiger partial charge in [-0.1, -0.05) is 12.0 Å². The Morgan fingerprint density at radius 3 is 2.69 bits per heavy atom. The van der Waals surface area contributed by atoms with Crippen LogP contribution >= 0.6 is 0 Å². The molecule has 1 heterocycles. The van der Waals surface area contributed by atoms with Crippen LogP contribution in [0.3, 0.4) is 0 Å². The van der Waals surface area contributed by atoms with E-state index in [0.29, 0.717) is 18.9 Å². The number of sulfone groups is 1. The van der Waals surface area contributed by atoms with Crippen molar-refractivity contribution in [3.63, 3.8) is 0 Å². The second-order valence-corrected chi connectivity index (χ2v) is 4.62. The molecule has 0 radical (unpaired) electrons. The highest BCUT2D eigenvalue weighted by atomic mass is 32.2. The molecule has 13 heavy (non-hydrogen) atoms. The van der Waals surface area contributed by atoms with Gasteiger partial charge in [0.15, 0.2) is 0 Å². The Bertz CT molecular complexity index is 370. The van der Waals surface area contributed by atoms with E-state index in [1.54, 1.807) is 0 Å². The molecule has 3 N–H and O–H groups in total. The van der Waals surface area contributed by atoms with Crippen molar-refractivity contribution in [2.75, 3.05) is 12.3 Å². The third-order valence-electron chi connectivity index (χ3n) is 1.49. The maximum absolute atomic E-state index is 11.2. The average molecular weight is 206 g/mol. The molecule has 74 valence electrons. The zero-order valence-corrected chi connectivity index (χ0v) is 8.17. The number of hydrogen-bond acceptors (Lipinski definition) is 5. The van der Waals surface area contributed by atoms with Crippen LogP contribution in [0.2, 0.25) is 0 Å². The second-order valence-electron chi connectivity index (χ2n) is 2.47. The quantitative estimate of drug-likeness (QED) is 0.656. The first-order valence-corrected chi connectivity index (χ1v) is 5.59. The average Bonchev–Trinajstić information content (AvgIpc) is 2.54. The maximum Gasteiger partial charge on any atom is 0.335 e. The number of nitrogens with zero attached hydrogens (tertiary/aromatic N) is 2. The van der Waals surface area contributed by atoms with Crippen LogP contribution in [-0.4, -0.2) is 30.9 Å². The predicted molar refractivity (Wildman–Crippen MR) is 43.5 cm³/mol. The molecule has 7 heteroatoms. The topological polar surface area (TPSA) is 101 Å². The Morgan fingerprint density at radius 1 is 1.46 bits per heavy atom. The fourth-order valence-electron chi connectivity index (χ4n) is 0.740. The van der Waals surface area contributed by atoms with Crippen molar-refractivity contribution in [2.24, 2.45) is 0 Å². The first-order chi connectivity index (χ1) is 6.10. The fraction of sp³-hybridized carbons (Fsp3) is 0.667. The van der Waals surface area contributed by atoms with E-state index in [2.05, 4.69) is 15.9 Å². The van der Waals surface area contributed by atoms with Gasteiger partial charge in [-0.05, 0) is 0 Å². The molecule has 0 aliphatic carbocycles. The van der Waals surface area contributed by atoms with Crippen LogP contribution in [0.1, 0.15) is 12.8 Å². The first kappa shape index (κ1) is 10.1. The van der Waals surface area contributed by atoms with Gasteiger partial charge in [0.2, 0.25) is 15.7 Å². The lowest BCUT2D eigenvalue weighted by Crippen LogP contribution is -2.51. The van der Waals surface area contributed by atoms with Gasteiger partial charge in [-0.15, -0.1) is 5.10 Å². The zero-order chi connectivity index (χ0) is 9.90. The van der Waals surface area contributed by atoms with Gasteiger partial charge in [-0.25, -0.2) is 8.42 Å². The summed E-state index contributed by atoms with van der Waals surface area (Å²) in [5.41, 5.74) is 3.60. The van der Waals surface area contributed by atoms with Crippen molar-refractivity contribution < 1.29 is 18.6 Å². The van der Waals surface area contributed by atoms with Crippen LogP contribution in [0.25, 0.3) is 0 Å². The second kappa shape index (κ2) is 3.84. The number of quaternary nitrogens is 1. The molecule has 6 nitrogen and oxygen atoms in total. The summed E-state index contributed by atoms with van der Waals surface area (Å²) in [4.78, 5) is 0. The molecule has 0 atom stereocenters. The van der Waals surface area contributed by atoms with E-state index in [-0.39, 0.29) is 11.0 Å². The molecule has 1 aromatic heterocycles. The molecular formula is C6H12N3O3S+. The van der Waals surface area contributed by atoms with E-state index in [1.165, 1.54) is 6.92 Å². The highest BCUT2D eigenvalue weighted by molar-refractivity contribution is 7.91. The Balaban J connectivity index is 2.92. The van der Waals surface area contributed by atoms with Gasteiger partial charge in [0.1, 0.15) is 0 Å². The molecule has 0 aliphatic rings. The molecule has 0 saturated carbocycles. The smallest absolute Gasteiger partial charge is 0.335 e. The molecule has 1 aromatic rings. The summed E-state index contributed by atoms with van der Waals surface area (Å²) in [5.74, 6) is 0.293. The summed E-state index contributed by atoms with van der Waals surface area (Å²) in [6, 6.07) is 0. The summed E-state index contributed by atoms with van der Waals surface area (Å²) in [5, 5.41) is 6.74. The summed E-state index contributed by atoms with van der Waals surface area (Å²) < 4.78 is 27.3. The minimum atomic E-state index is -3.36. The van der Waals surface area contributed by atoms with Crippen molar-refractivity contribution in [3.8, 4) is 0 Å². The van der Waals surface area contributed by atoms with E-state index in [1.807, 2.05) is 0 Å². The van der Waals surface area contributed by atoms with Crippen LogP contribution in [0.15, 0.2) is 9.64 Å². The standard InChI is InChI=1S/C6H11N3O3S/c1-2-13(10,11)6-9-8-5(12-6)3-4-7/h2-4,7H2,1H3/p+1. The van der Waals surface area contributed by atoms with Crippen LogP contribution in [-0.2, 0) is 16.3 Å². The maximum atomic E-state index is 11.2. The highest BCUT2D eigenvalue weighted by Crippen LogP contribution is 2.08. The largest absolute Gasteiger partial charge is 0.412 e. The third-order valence-corrected chi connectivity index (χ3v) is 2.94. The molecule has 0 unspecified atom stereocenters. The summed E-state index contributed by atoms with van der Waals surface area (Å²) in [7, 11) is -3.36. The van der Waals surface area contributed by atoms with Gasteiger partial charge in [-0.3, -0.25) is 0 Å². The van der Waals surface area contributed by atoms with Gasteiger partial charge >= 0.3 is 5.22 Å². The van der Waals surface area contributed by atoms with E-state index < -0.39 is 9.84 Å². The van der Waals surface area contributed by atoms with Crippen molar-refractivity contribution in [3.05, 3.63) is 5.89 Å². The molecule has 0 amide bonds. The van der Waals surface area contributed by atoms with Gasteiger partial charge in [0.25, 0.3) is 0 Å². The molecule has 0 saturated heterocycles. The van der Waals surface area contributed by atoms with Gasteiger partial charge in [0.05, 0.1) is 18.7 Å². The van der Waals surface area contributed by atoms with Crippen LogP contribution in [0, 0.1) is 0 Å². The van der Waals surface area contributed by atoms with Crippen molar-refractivity contribution in [1.29, 1.82) is 0 Å². The van der Waals surface area contributed by atoms with Crippen molar-refractivity contribution in [1.82, 2.24) is 10.2 Å². The highest BCUT2D eigenvalue weighted by Gasteiger charge is 2.19.